The van der Waals surface area contributed by atoms with Crippen molar-refractivity contribution < 1.29 is 23.1 Å². The van der Waals surface area contributed by atoms with Crippen LogP contribution in [-0.4, -0.2) is 66.5 Å². The molecular weight excluding hydrogens is 496 g/mol. The largest absolute Gasteiger partial charge is 0.495 e. The van der Waals surface area contributed by atoms with E-state index in [0.29, 0.717) is 22.7 Å². The van der Waals surface area contributed by atoms with E-state index in [2.05, 4.69) is 20.7 Å². The van der Waals surface area contributed by atoms with Gasteiger partial charge in [0, 0.05) is 31.4 Å². The molecule has 2 amide bonds. The number of hydrogen-bond donors (Lipinski definition) is 2. The molecule has 12 heteroatoms. The molecular formula is C26H27F2N7O3. The molecule has 2 aliphatic heterocycles. The minimum absolute atomic E-state index is 0.100. The molecule has 1 fully saturated rings. The fourth-order valence-electron chi connectivity index (χ4n) is 4.47. The summed E-state index contributed by atoms with van der Waals surface area (Å²) in [6.45, 7) is 0.740. The molecule has 38 heavy (non-hydrogen) atoms. The second-order valence-electron chi connectivity index (χ2n) is 9.07. The molecule has 0 saturated carbocycles. The van der Waals surface area contributed by atoms with Crippen LogP contribution in [0.5, 0.6) is 5.75 Å². The van der Waals surface area contributed by atoms with Crippen LogP contribution in [0.15, 0.2) is 54.7 Å². The highest BCUT2D eigenvalue weighted by Gasteiger charge is 2.47. The van der Waals surface area contributed by atoms with Gasteiger partial charge in [0.15, 0.2) is 5.82 Å². The number of amides is 2. The number of rotatable bonds is 6. The third-order valence-corrected chi connectivity index (χ3v) is 6.49. The van der Waals surface area contributed by atoms with Crippen LogP contribution in [0.1, 0.15) is 23.2 Å². The summed E-state index contributed by atoms with van der Waals surface area (Å²) in [5.74, 6) is -4.62. The Balaban J connectivity index is 1.46. The maximum absolute atomic E-state index is 14.8. The standard InChI is InChI=1S/C26H27F2N7O3/c1-33-20-15-29-25(31-22(20)35(16-26(27,28)24(33)37)18-8-4-3-5-9-18)30-19-11-10-17(14-21(19)38-2)23(36)32-34-12-6-7-13-34/h3-5,8-11,14-15H,6-7,12-13,16H2,1-2H3,(H,32,36)(H,29,30,31). The Hall–Kier alpha value is -4.32. The zero-order valence-electron chi connectivity index (χ0n) is 20.9. The number of alkyl halides is 2. The lowest BCUT2D eigenvalue weighted by atomic mass is 10.2. The lowest BCUT2D eigenvalue weighted by molar-refractivity contribution is -0.140. The molecule has 3 heterocycles. The highest BCUT2D eigenvalue weighted by Crippen LogP contribution is 2.40. The molecule has 1 saturated heterocycles. The van der Waals surface area contributed by atoms with Crippen molar-refractivity contribution in [2.45, 2.75) is 18.8 Å². The topological polar surface area (TPSA) is 103 Å². The first kappa shape index (κ1) is 25.3. The van der Waals surface area contributed by atoms with Gasteiger partial charge in [0.25, 0.3) is 11.8 Å². The van der Waals surface area contributed by atoms with Crippen LogP contribution in [0.25, 0.3) is 0 Å². The van der Waals surface area contributed by atoms with Crippen molar-refractivity contribution in [2.24, 2.45) is 0 Å². The molecule has 0 aliphatic carbocycles. The molecule has 1 aromatic heterocycles. The number of nitrogens with zero attached hydrogens (tertiary/aromatic N) is 5. The van der Waals surface area contributed by atoms with Crippen molar-refractivity contribution in [3.63, 3.8) is 0 Å². The Kier molecular flexibility index (Phi) is 6.81. The first-order valence-electron chi connectivity index (χ1n) is 12.1. The van der Waals surface area contributed by atoms with E-state index in [-0.39, 0.29) is 23.4 Å². The number of carbonyl (C=O) groups is 2. The monoisotopic (exact) mass is 523 g/mol. The lowest BCUT2D eigenvalue weighted by Crippen LogP contribution is -2.45. The average molecular weight is 524 g/mol. The summed E-state index contributed by atoms with van der Waals surface area (Å²) in [6.07, 6.45) is 3.40. The normalized spacial score (nSPS) is 17.1. The summed E-state index contributed by atoms with van der Waals surface area (Å²) in [5.41, 5.74) is 4.37. The molecule has 2 aromatic carbocycles. The number of carbonyl (C=O) groups excluding carboxylic acids is 2. The van der Waals surface area contributed by atoms with Gasteiger partial charge in [0.2, 0.25) is 5.95 Å². The number of benzene rings is 2. The SMILES string of the molecule is COc1cc(C(=O)NN2CCCC2)ccc1Nc1ncc2c(n1)N(c1ccccc1)CC(F)(F)C(=O)N2C. The van der Waals surface area contributed by atoms with Crippen LogP contribution in [-0.2, 0) is 4.79 Å². The van der Waals surface area contributed by atoms with Gasteiger partial charge in [-0.1, -0.05) is 18.2 Å². The quantitative estimate of drug-likeness (QED) is 0.504. The molecule has 2 aliphatic rings. The number of aromatic nitrogens is 2. The van der Waals surface area contributed by atoms with Gasteiger partial charge in [-0.2, -0.15) is 13.8 Å². The molecule has 0 spiro atoms. The smallest absolute Gasteiger partial charge is 0.342 e. The predicted octanol–water partition coefficient (Wildman–Crippen LogP) is 3.72. The number of anilines is 5. The summed E-state index contributed by atoms with van der Waals surface area (Å²) in [7, 11) is 2.75. The molecule has 0 atom stereocenters. The Morgan fingerprint density at radius 2 is 1.84 bits per heavy atom. The molecule has 198 valence electrons. The van der Waals surface area contributed by atoms with E-state index in [1.54, 1.807) is 48.5 Å². The molecule has 0 bridgehead atoms. The third kappa shape index (κ3) is 4.94. The summed E-state index contributed by atoms with van der Waals surface area (Å²) < 4.78 is 35.2. The molecule has 0 unspecified atom stereocenters. The van der Waals surface area contributed by atoms with Crippen molar-refractivity contribution in [1.29, 1.82) is 0 Å². The van der Waals surface area contributed by atoms with Gasteiger partial charge in [-0.3, -0.25) is 15.0 Å². The minimum Gasteiger partial charge on any atom is -0.495 e. The molecule has 0 radical (unpaired) electrons. The second kappa shape index (κ2) is 10.2. The fourth-order valence-corrected chi connectivity index (χ4v) is 4.47. The Labute approximate surface area is 218 Å². The zero-order valence-corrected chi connectivity index (χ0v) is 20.9. The summed E-state index contributed by atoms with van der Waals surface area (Å²) in [4.78, 5) is 36.1. The minimum atomic E-state index is -3.65. The van der Waals surface area contributed by atoms with E-state index in [1.165, 1.54) is 25.3 Å². The Morgan fingerprint density at radius 1 is 1.11 bits per heavy atom. The van der Waals surface area contributed by atoms with Crippen molar-refractivity contribution in [3.8, 4) is 5.75 Å². The van der Waals surface area contributed by atoms with Crippen molar-refractivity contribution in [3.05, 3.63) is 60.3 Å². The number of ether oxygens (including phenoxy) is 1. The van der Waals surface area contributed by atoms with Crippen molar-refractivity contribution >= 4 is 40.6 Å². The Morgan fingerprint density at radius 3 is 2.55 bits per heavy atom. The first-order valence-corrected chi connectivity index (χ1v) is 12.1. The highest BCUT2D eigenvalue weighted by molar-refractivity contribution is 6.02. The number of para-hydroxylation sites is 1. The van der Waals surface area contributed by atoms with E-state index < -0.39 is 18.4 Å². The maximum atomic E-state index is 14.8. The summed E-state index contributed by atoms with van der Waals surface area (Å²) >= 11 is 0. The molecule has 2 N–H and O–H groups in total. The molecule has 3 aromatic rings. The maximum Gasteiger partial charge on any atom is 0.342 e. The van der Waals surface area contributed by atoms with Crippen LogP contribution < -0.4 is 25.3 Å². The van der Waals surface area contributed by atoms with Gasteiger partial charge in [-0.05, 0) is 43.2 Å². The average Bonchev–Trinajstić information content (AvgIpc) is 3.42. The van der Waals surface area contributed by atoms with Gasteiger partial charge in [-0.15, -0.1) is 0 Å². The van der Waals surface area contributed by atoms with E-state index >= 15 is 0 Å². The van der Waals surface area contributed by atoms with Crippen molar-refractivity contribution in [1.82, 2.24) is 20.4 Å². The van der Waals surface area contributed by atoms with E-state index in [0.717, 1.165) is 30.8 Å². The number of fused-ring (bicyclic) bond motifs is 1. The van der Waals surface area contributed by atoms with Gasteiger partial charge < -0.3 is 19.9 Å². The second-order valence-corrected chi connectivity index (χ2v) is 9.07. The van der Waals surface area contributed by atoms with Crippen molar-refractivity contribution in [2.75, 3.05) is 48.9 Å². The summed E-state index contributed by atoms with van der Waals surface area (Å²) in [6, 6.07) is 13.4. The van der Waals surface area contributed by atoms with Crippen LogP contribution >= 0.6 is 0 Å². The van der Waals surface area contributed by atoms with Crippen LogP contribution in [0.2, 0.25) is 0 Å². The lowest BCUT2D eigenvalue weighted by Gasteiger charge is -2.25. The number of hydrogen-bond acceptors (Lipinski definition) is 8. The Bertz CT molecular complexity index is 1350. The predicted molar refractivity (Wildman–Crippen MR) is 138 cm³/mol. The molecule has 10 nitrogen and oxygen atoms in total. The summed E-state index contributed by atoms with van der Waals surface area (Å²) in [5, 5.41) is 4.93. The highest BCUT2D eigenvalue weighted by atomic mass is 19.3. The number of hydrazine groups is 1. The van der Waals surface area contributed by atoms with E-state index in [1.807, 2.05) is 5.01 Å². The fraction of sp³-hybridized carbons (Fsp3) is 0.308. The van der Waals surface area contributed by atoms with Crippen LogP contribution in [0, 0.1) is 0 Å². The number of nitrogens with one attached hydrogen (secondary N) is 2. The van der Waals surface area contributed by atoms with E-state index in [9.17, 15) is 18.4 Å². The van der Waals surface area contributed by atoms with Gasteiger partial charge in [0.05, 0.1) is 25.5 Å². The third-order valence-electron chi connectivity index (χ3n) is 6.49. The van der Waals surface area contributed by atoms with E-state index in [4.69, 9.17) is 4.74 Å². The number of methoxy groups -OCH3 is 1. The zero-order chi connectivity index (χ0) is 26.9. The first-order chi connectivity index (χ1) is 18.3. The number of halogens is 2. The van der Waals surface area contributed by atoms with Crippen LogP contribution in [0.4, 0.5) is 37.6 Å². The van der Waals surface area contributed by atoms with Crippen LogP contribution in [0.3, 0.4) is 0 Å². The van der Waals surface area contributed by atoms with Gasteiger partial charge >= 0.3 is 5.92 Å². The van der Waals surface area contributed by atoms with Gasteiger partial charge in [-0.25, -0.2) is 9.99 Å². The molecule has 5 rings (SSSR count). The van der Waals surface area contributed by atoms with Gasteiger partial charge in [0.1, 0.15) is 11.4 Å².